The van der Waals surface area contributed by atoms with Crippen molar-refractivity contribution in [2.24, 2.45) is 0 Å². The Morgan fingerprint density at radius 1 is 1.12 bits per heavy atom. The van der Waals surface area contributed by atoms with E-state index in [2.05, 4.69) is 32.9 Å². The largest absolute Gasteiger partial charge is 0.392 e. The van der Waals surface area contributed by atoms with E-state index < -0.39 is 0 Å². The average molecular weight is 539 g/mol. The molecule has 3 aromatic heterocycles. The molecule has 2 aromatic carbocycles. The van der Waals surface area contributed by atoms with Crippen molar-refractivity contribution < 1.29 is 9.50 Å². The van der Waals surface area contributed by atoms with Crippen molar-refractivity contribution in [1.29, 1.82) is 0 Å². The van der Waals surface area contributed by atoms with Crippen LogP contribution in [-0.2, 0) is 6.61 Å². The zero-order valence-electron chi connectivity index (χ0n) is 17.1. The molecule has 0 saturated heterocycles. The summed E-state index contributed by atoms with van der Waals surface area (Å²) in [6.45, 7) is 1.83. The van der Waals surface area contributed by atoms with Crippen molar-refractivity contribution in [3.05, 3.63) is 94.1 Å². The highest BCUT2D eigenvalue weighted by atomic mass is 127. The van der Waals surface area contributed by atoms with Gasteiger partial charge in [0.1, 0.15) is 15.2 Å². The number of aryl methyl sites for hydroxylation is 1. The number of imidazole rings is 2. The lowest BCUT2D eigenvalue weighted by atomic mass is 10.1. The van der Waals surface area contributed by atoms with Crippen LogP contribution in [0.25, 0.3) is 22.6 Å². The maximum absolute atomic E-state index is 13.4. The number of hydrogen-bond acceptors (Lipinski definition) is 4. The molecule has 8 heteroatoms. The van der Waals surface area contributed by atoms with E-state index in [1.807, 2.05) is 58.6 Å². The summed E-state index contributed by atoms with van der Waals surface area (Å²) < 4.78 is 18.2. The number of hydrogen-bond donors (Lipinski definition) is 2. The summed E-state index contributed by atoms with van der Waals surface area (Å²) in [4.78, 5) is 9.09. The highest BCUT2D eigenvalue weighted by molar-refractivity contribution is 14.1. The number of benzene rings is 2. The summed E-state index contributed by atoms with van der Waals surface area (Å²) in [6, 6.07) is 16.1. The molecule has 0 aliphatic heterocycles. The number of nitrogens with zero attached hydrogens (tertiary/aromatic N) is 4. The SMILES string of the molecule is Cc1cn(-c2ccc(Nc3cccn4c(I)c(-c5ccc(F)cc5)nc34)cc2CO)cn1. The van der Waals surface area contributed by atoms with Crippen LogP contribution in [0.2, 0.25) is 0 Å². The summed E-state index contributed by atoms with van der Waals surface area (Å²) in [7, 11) is 0. The van der Waals surface area contributed by atoms with Gasteiger partial charge in [0.15, 0.2) is 5.65 Å². The van der Waals surface area contributed by atoms with Crippen molar-refractivity contribution >= 4 is 39.6 Å². The summed E-state index contributed by atoms with van der Waals surface area (Å²) in [5.41, 5.74) is 6.65. The summed E-state index contributed by atoms with van der Waals surface area (Å²) in [6.07, 6.45) is 5.61. The zero-order chi connectivity index (χ0) is 22.2. The van der Waals surface area contributed by atoms with Crippen LogP contribution in [-0.4, -0.2) is 24.0 Å². The van der Waals surface area contributed by atoms with Crippen molar-refractivity contribution in [2.75, 3.05) is 5.32 Å². The molecule has 0 atom stereocenters. The number of pyridine rings is 1. The van der Waals surface area contributed by atoms with Crippen LogP contribution in [0.5, 0.6) is 0 Å². The molecule has 0 bridgehead atoms. The molecular formula is C24H19FIN5O. The lowest BCUT2D eigenvalue weighted by Crippen LogP contribution is -2.00. The second-order valence-corrected chi connectivity index (χ2v) is 8.44. The Kier molecular flexibility index (Phi) is 5.40. The van der Waals surface area contributed by atoms with Crippen molar-refractivity contribution in [3.63, 3.8) is 0 Å². The Morgan fingerprint density at radius 3 is 2.66 bits per heavy atom. The first-order valence-corrected chi connectivity index (χ1v) is 11.1. The monoisotopic (exact) mass is 539 g/mol. The molecule has 0 spiro atoms. The molecule has 6 nitrogen and oxygen atoms in total. The number of halogens is 2. The maximum Gasteiger partial charge on any atom is 0.162 e. The molecule has 32 heavy (non-hydrogen) atoms. The Bertz CT molecular complexity index is 1420. The first-order valence-electron chi connectivity index (χ1n) is 9.98. The minimum Gasteiger partial charge on any atom is -0.392 e. The van der Waals surface area contributed by atoms with Crippen molar-refractivity contribution in [3.8, 4) is 16.9 Å². The Balaban J connectivity index is 1.53. The third-order valence-corrected chi connectivity index (χ3v) is 6.26. The third kappa shape index (κ3) is 3.76. The highest BCUT2D eigenvalue weighted by Crippen LogP contribution is 2.31. The van der Waals surface area contributed by atoms with Gasteiger partial charge in [0, 0.05) is 29.2 Å². The number of aliphatic hydroxyl groups excluding tert-OH is 1. The van der Waals surface area contributed by atoms with Gasteiger partial charge in [0.05, 0.1) is 30.0 Å². The summed E-state index contributed by atoms with van der Waals surface area (Å²) in [5, 5.41) is 13.4. The van der Waals surface area contributed by atoms with Gasteiger partial charge in [-0.25, -0.2) is 14.4 Å². The van der Waals surface area contributed by atoms with E-state index in [-0.39, 0.29) is 12.4 Å². The fraction of sp³-hybridized carbons (Fsp3) is 0.0833. The Morgan fingerprint density at radius 2 is 1.94 bits per heavy atom. The number of anilines is 2. The van der Waals surface area contributed by atoms with Gasteiger partial charge in [-0.15, -0.1) is 0 Å². The van der Waals surface area contributed by atoms with Gasteiger partial charge in [0.2, 0.25) is 0 Å². The normalized spacial score (nSPS) is 11.2. The van der Waals surface area contributed by atoms with Crippen LogP contribution in [0.1, 0.15) is 11.3 Å². The predicted molar refractivity (Wildman–Crippen MR) is 131 cm³/mol. The molecule has 0 radical (unpaired) electrons. The molecule has 2 N–H and O–H groups in total. The average Bonchev–Trinajstić information content (AvgIpc) is 3.38. The van der Waals surface area contributed by atoms with E-state index in [1.54, 1.807) is 18.5 Å². The first-order chi connectivity index (χ1) is 15.5. The van der Waals surface area contributed by atoms with Crippen LogP contribution in [0.4, 0.5) is 15.8 Å². The van der Waals surface area contributed by atoms with Gasteiger partial charge in [-0.2, -0.15) is 0 Å². The fourth-order valence-corrected chi connectivity index (χ4v) is 4.50. The van der Waals surface area contributed by atoms with Gasteiger partial charge in [0.25, 0.3) is 0 Å². The number of aromatic nitrogens is 4. The summed E-state index contributed by atoms with van der Waals surface area (Å²) >= 11 is 2.26. The van der Waals surface area contributed by atoms with Crippen LogP contribution in [0.3, 0.4) is 0 Å². The second-order valence-electron chi connectivity index (χ2n) is 7.42. The third-order valence-electron chi connectivity index (χ3n) is 5.23. The van der Waals surface area contributed by atoms with Crippen molar-refractivity contribution in [2.45, 2.75) is 13.5 Å². The van der Waals surface area contributed by atoms with Crippen LogP contribution >= 0.6 is 22.6 Å². The molecule has 160 valence electrons. The van der Waals surface area contributed by atoms with Gasteiger partial charge < -0.3 is 15.0 Å². The smallest absolute Gasteiger partial charge is 0.162 e. The van der Waals surface area contributed by atoms with Crippen LogP contribution in [0.15, 0.2) is 73.3 Å². The number of nitrogens with one attached hydrogen (secondary N) is 1. The minimum absolute atomic E-state index is 0.0950. The maximum atomic E-state index is 13.4. The van der Waals surface area contributed by atoms with Gasteiger partial charge in [-0.05, 0) is 84.1 Å². The number of fused-ring (bicyclic) bond motifs is 1. The van der Waals surface area contributed by atoms with Crippen LogP contribution in [0, 0.1) is 16.4 Å². The lowest BCUT2D eigenvalue weighted by molar-refractivity contribution is 0.281. The molecule has 0 fully saturated rings. The van der Waals surface area contributed by atoms with E-state index in [0.29, 0.717) is 0 Å². The second kappa shape index (κ2) is 8.36. The Hall–Kier alpha value is -3.24. The Labute approximate surface area is 197 Å². The molecule has 0 unspecified atom stereocenters. The first kappa shape index (κ1) is 20.7. The fourth-order valence-electron chi connectivity index (χ4n) is 3.68. The highest BCUT2D eigenvalue weighted by Gasteiger charge is 2.15. The van der Waals surface area contributed by atoms with Gasteiger partial charge in [-0.3, -0.25) is 4.40 Å². The molecule has 0 aliphatic carbocycles. The van der Waals surface area contributed by atoms with E-state index in [9.17, 15) is 9.50 Å². The van der Waals surface area contributed by atoms with Crippen LogP contribution < -0.4 is 5.32 Å². The van der Waals surface area contributed by atoms with E-state index in [4.69, 9.17) is 4.98 Å². The van der Waals surface area contributed by atoms with E-state index in [1.165, 1.54) is 12.1 Å². The molecule has 0 saturated carbocycles. The molecule has 5 aromatic rings. The standard InChI is InChI=1S/C24H19FIN5O/c1-15-12-30(14-27-15)21-9-8-19(11-17(21)13-32)28-20-3-2-10-31-23(26)22(29-24(20)31)16-4-6-18(25)7-5-16/h2-12,14,28,32H,13H2,1H3. The predicted octanol–water partition coefficient (Wildman–Crippen LogP) is 5.48. The van der Waals surface area contributed by atoms with Crippen molar-refractivity contribution in [1.82, 2.24) is 18.9 Å². The molecule has 5 rings (SSSR count). The van der Waals surface area contributed by atoms with Gasteiger partial charge in [-0.1, -0.05) is 0 Å². The van der Waals surface area contributed by atoms with E-state index >= 15 is 0 Å². The molecule has 0 amide bonds. The molecular weight excluding hydrogens is 520 g/mol. The summed E-state index contributed by atoms with van der Waals surface area (Å²) in [5.74, 6) is -0.274. The topological polar surface area (TPSA) is 67.4 Å². The van der Waals surface area contributed by atoms with E-state index in [0.717, 1.165) is 48.9 Å². The zero-order valence-corrected chi connectivity index (χ0v) is 19.3. The number of rotatable bonds is 5. The molecule has 0 aliphatic rings. The van der Waals surface area contributed by atoms with Gasteiger partial charge >= 0.3 is 0 Å². The number of aliphatic hydroxyl groups is 1. The quantitative estimate of drug-likeness (QED) is 0.291. The minimum atomic E-state index is -0.274. The lowest BCUT2D eigenvalue weighted by Gasteiger charge is -2.13. The molecule has 3 heterocycles.